The molecule has 0 radical (unpaired) electrons. The van der Waals surface area contributed by atoms with E-state index >= 15 is 0 Å². The lowest BCUT2D eigenvalue weighted by Crippen LogP contribution is -2.37. The summed E-state index contributed by atoms with van der Waals surface area (Å²) in [7, 11) is 1.45. The van der Waals surface area contributed by atoms with Crippen molar-refractivity contribution in [2.45, 2.75) is 25.5 Å². The van der Waals surface area contributed by atoms with Crippen LogP contribution in [0.1, 0.15) is 24.9 Å². The molecule has 2 aliphatic heterocycles. The second-order valence-electron chi connectivity index (χ2n) is 8.58. The first kappa shape index (κ1) is 24.0. The Labute approximate surface area is 213 Å². The molecule has 0 spiro atoms. The van der Waals surface area contributed by atoms with Crippen LogP contribution in [0.3, 0.4) is 0 Å². The van der Waals surface area contributed by atoms with E-state index in [2.05, 4.69) is 0 Å². The maximum Gasteiger partial charge on any atom is 0.266 e. The summed E-state index contributed by atoms with van der Waals surface area (Å²) in [4.78, 5) is 34.5. The Hall–Kier alpha value is -3.75. The van der Waals surface area contributed by atoms with Gasteiger partial charge < -0.3 is 14.6 Å². The van der Waals surface area contributed by atoms with Crippen LogP contribution in [0.15, 0.2) is 66.7 Å². The van der Waals surface area contributed by atoms with Crippen molar-refractivity contribution in [2.24, 2.45) is 5.92 Å². The van der Waals surface area contributed by atoms with E-state index in [0.29, 0.717) is 34.3 Å². The third-order valence-corrected chi connectivity index (χ3v) is 6.56. The lowest BCUT2D eigenvalue weighted by Gasteiger charge is -2.29. The number of hydroxylamine groups is 1. The zero-order valence-corrected chi connectivity index (χ0v) is 20.5. The lowest BCUT2D eigenvalue weighted by atomic mass is 9.90. The van der Waals surface area contributed by atoms with Gasteiger partial charge in [0.05, 0.1) is 31.1 Å². The SMILES string of the molecule is CCCOc1ccc(N2C(=O)[C@@H]3[C@@H](ON(c4ccc(Cl)cc4)[C@H]3c3ccc(O)c(OC)c3)C2=O)cc1. The molecule has 0 aliphatic carbocycles. The maximum absolute atomic E-state index is 13.8. The van der Waals surface area contributed by atoms with Gasteiger partial charge in [0.25, 0.3) is 5.91 Å². The van der Waals surface area contributed by atoms with E-state index in [9.17, 15) is 14.7 Å². The molecule has 186 valence electrons. The molecular weight excluding hydrogens is 484 g/mol. The molecule has 3 aromatic carbocycles. The van der Waals surface area contributed by atoms with Crippen molar-refractivity contribution in [3.05, 3.63) is 77.3 Å². The van der Waals surface area contributed by atoms with Gasteiger partial charge in [0.2, 0.25) is 5.91 Å². The molecule has 0 bridgehead atoms. The molecule has 36 heavy (non-hydrogen) atoms. The van der Waals surface area contributed by atoms with E-state index < -0.39 is 24.0 Å². The van der Waals surface area contributed by atoms with Gasteiger partial charge in [-0.2, -0.15) is 0 Å². The van der Waals surface area contributed by atoms with Crippen molar-refractivity contribution in [3.63, 3.8) is 0 Å². The number of imide groups is 1. The fourth-order valence-electron chi connectivity index (χ4n) is 4.61. The normalized spacial score (nSPS) is 21.1. The summed E-state index contributed by atoms with van der Waals surface area (Å²) in [5, 5.41) is 12.2. The molecule has 0 saturated carbocycles. The Morgan fingerprint density at radius 2 is 1.67 bits per heavy atom. The van der Waals surface area contributed by atoms with Crippen molar-refractivity contribution in [1.29, 1.82) is 0 Å². The number of phenolic OH excluding ortho intramolecular Hbond substituents is 1. The summed E-state index contributed by atoms with van der Waals surface area (Å²) >= 11 is 6.07. The number of rotatable bonds is 7. The number of halogens is 1. The van der Waals surface area contributed by atoms with Crippen LogP contribution in [0.4, 0.5) is 11.4 Å². The Kier molecular flexibility index (Phi) is 6.47. The molecule has 2 saturated heterocycles. The minimum Gasteiger partial charge on any atom is -0.504 e. The van der Waals surface area contributed by atoms with Gasteiger partial charge in [-0.05, 0) is 72.6 Å². The Morgan fingerprint density at radius 3 is 2.33 bits per heavy atom. The molecule has 8 nitrogen and oxygen atoms in total. The topological polar surface area (TPSA) is 88.5 Å². The van der Waals surface area contributed by atoms with Gasteiger partial charge in [0.15, 0.2) is 17.6 Å². The summed E-state index contributed by atoms with van der Waals surface area (Å²) < 4.78 is 10.9. The zero-order valence-electron chi connectivity index (χ0n) is 19.8. The number of carbonyl (C=O) groups is 2. The average molecular weight is 509 g/mol. The Morgan fingerprint density at radius 1 is 0.972 bits per heavy atom. The van der Waals surface area contributed by atoms with Crippen molar-refractivity contribution < 1.29 is 29.0 Å². The number of anilines is 2. The van der Waals surface area contributed by atoms with Crippen molar-refractivity contribution in [1.82, 2.24) is 0 Å². The third-order valence-electron chi connectivity index (χ3n) is 6.31. The van der Waals surface area contributed by atoms with E-state index in [1.165, 1.54) is 18.1 Å². The summed E-state index contributed by atoms with van der Waals surface area (Å²) in [5.41, 5.74) is 1.74. The monoisotopic (exact) mass is 508 g/mol. The predicted octanol–water partition coefficient (Wildman–Crippen LogP) is 4.89. The average Bonchev–Trinajstić information content (AvgIpc) is 3.39. The number of nitrogens with zero attached hydrogens (tertiary/aromatic N) is 2. The second-order valence-corrected chi connectivity index (χ2v) is 9.02. The first-order valence-electron chi connectivity index (χ1n) is 11.6. The number of fused-ring (bicyclic) bond motifs is 1. The number of hydrogen-bond acceptors (Lipinski definition) is 7. The maximum atomic E-state index is 13.8. The van der Waals surface area contributed by atoms with Gasteiger partial charge in [0, 0.05) is 5.02 Å². The van der Waals surface area contributed by atoms with Gasteiger partial charge in [-0.3, -0.25) is 14.4 Å². The summed E-state index contributed by atoms with van der Waals surface area (Å²) in [6, 6.07) is 18.0. The van der Waals surface area contributed by atoms with E-state index in [0.717, 1.165) is 6.42 Å². The predicted molar refractivity (Wildman–Crippen MR) is 134 cm³/mol. The number of amides is 2. The van der Waals surface area contributed by atoms with Gasteiger partial charge >= 0.3 is 0 Å². The number of benzene rings is 3. The largest absolute Gasteiger partial charge is 0.504 e. The minimum absolute atomic E-state index is 0.0319. The van der Waals surface area contributed by atoms with Crippen LogP contribution in [0, 0.1) is 5.92 Å². The highest BCUT2D eigenvalue weighted by Gasteiger charge is 2.60. The number of hydrogen-bond donors (Lipinski definition) is 1. The smallest absolute Gasteiger partial charge is 0.266 e. The quantitative estimate of drug-likeness (QED) is 0.454. The summed E-state index contributed by atoms with van der Waals surface area (Å²) in [6.45, 7) is 2.60. The molecule has 2 heterocycles. The number of phenols is 1. The van der Waals surface area contributed by atoms with Crippen LogP contribution in [0.2, 0.25) is 5.02 Å². The molecule has 0 aromatic heterocycles. The van der Waals surface area contributed by atoms with Crippen LogP contribution >= 0.6 is 11.6 Å². The molecule has 2 aliphatic rings. The molecule has 2 fully saturated rings. The molecule has 3 aromatic rings. The van der Waals surface area contributed by atoms with E-state index in [4.69, 9.17) is 25.9 Å². The lowest BCUT2D eigenvalue weighted by molar-refractivity contribution is -0.126. The number of ether oxygens (including phenoxy) is 2. The first-order valence-corrected chi connectivity index (χ1v) is 12.0. The second kappa shape index (κ2) is 9.72. The van der Waals surface area contributed by atoms with Crippen molar-refractivity contribution in [3.8, 4) is 17.2 Å². The zero-order chi connectivity index (χ0) is 25.4. The highest BCUT2D eigenvalue weighted by molar-refractivity contribution is 6.30. The fourth-order valence-corrected chi connectivity index (χ4v) is 4.74. The van der Waals surface area contributed by atoms with Crippen LogP contribution in [0.5, 0.6) is 17.2 Å². The van der Waals surface area contributed by atoms with E-state index in [1.807, 2.05) is 6.92 Å². The van der Waals surface area contributed by atoms with Crippen LogP contribution < -0.4 is 19.4 Å². The highest BCUT2D eigenvalue weighted by atomic mass is 35.5. The van der Waals surface area contributed by atoms with Crippen LogP contribution in [-0.4, -0.2) is 36.7 Å². The number of methoxy groups -OCH3 is 1. The van der Waals surface area contributed by atoms with Crippen molar-refractivity contribution in [2.75, 3.05) is 23.7 Å². The van der Waals surface area contributed by atoms with Crippen molar-refractivity contribution >= 4 is 34.8 Å². The summed E-state index contributed by atoms with van der Waals surface area (Å²) in [5.74, 6) is -0.753. The molecular formula is C27H25ClN2O6. The molecule has 3 atom stereocenters. The third kappa shape index (κ3) is 4.12. The van der Waals surface area contributed by atoms with E-state index in [-0.39, 0.29) is 17.4 Å². The minimum atomic E-state index is -1.02. The Balaban J connectivity index is 1.52. The molecule has 1 N–H and O–H groups in total. The van der Waals surface area contributed by atoms with Gasteiger partial charge in [-0.1, -0.05) is 24.6 Å². The van der Waals surface area contributed by atoms with E-state index in [1.54, 1.807) is 65.7 Å². The summed E-state index contributed by atoms with van der Waals surface area (Å²) in [6.07, 6.45) is -0.145. The van der Waals surface area contributed by atoms with Gasteiger partial charge in [0.1, 0.15) is 11.7 Å². The standard InChI is InChI=1S/C27H25ClN2O6/c1-3-14-35-20-11-9-18(10-12-20)29-26(32)23-24(16-4-13-21(31)22(15-16)34-2)30(36-25(23)27(29)33)19-7-5-17(28)6-8-19/h4-13,15,23-25,31H,3,14H2,1-2H3/t23-,24-,25+/m0/s1. The number of carbonyl (C=O) groups excluding carboxylic acids is 2. The highest BCUT2D eigenvalue weighted by Crippen LogP contribution is 2.48. The van der Waals surface area contributed by atoms with Crippen LogP contribution in [-0.2, 0) is 14.4 Å². The molecule has 5 rings (SSSR count). The van der Waals surface area contributed by atoms with Gasteiger partial charge in [-0.15, -0.1) is 0 Å². The first-order chi connectivity index (χ1) is 17.4. The van der Waals surface area contributed by atoms with Crippen LogP contribution in [0.25, 0.3) is 0 Å². The number of aromatic hydroxyl groups is 1. The van der Waals surface area contributed by atoms with Gasteiger partial charge in [-0.25, -0.2) is 9.96 Å². The fraction of sp³-hybridized carbons (Fsp3) is 0.259. The molecule has 2 amide bonds. The molecule has 0 unspecified atom stereocenters. The Bertz CT molecular complexity index is 1280. The molecule has 9 heteroatoms.